The molecule has 0 saturated carbocycles. The minimum Gasteiger partial charge on any atom is -0.396 e. The zero-order chi connectivity index (χ0) is 12.7. The first-order valence-electron chi connectivity index (χ1n) is 6.22. The molecule has 1 N–H and O–H groups in total. The number of carbonyl (C=O) groups is 1. The number of rotatable bonds is 6. The third-order valence-electron chi connectivity index (χ3n) is 2.88. The summed E-state index contributed by atoms with van der Waals surface area (Å²) in [7, 11) is 0. The van der Waals surface area contributed by atoms with Crippen LogP contribution in [0.2, 0.25) is 0 Å². The van der Waals surface area contributed by atoms with Gasteiger partial charge in [0.2, 0.25) is 0 Å². The molecule has 94 valence electrons. The van der Waals surface area contributed by atoms with Gasteiger partial charge < -0.3 is 10.0 Å². The van der Waals surface area contributed by atoms with Crippen LogP contribution >= 0.6 is 0 Å². The summed E-state index contributed by atoms with van der Waals surface area (Å²) in [6.07, 6.45) is 1.49. The monoisotopic (exact) mass is 235 g/mol. The quantitative estimate of drug-likeness (QED) is 0.820. The van der Waals surface area contributed by atoms with E-state index in [2.05, 4.69) is 6.92 Å². The van der Waals surface area contributed by atoms with Gasteiger partial charge in [-0.2, -0.15) is 0 Å². The number of nitrogens with zero attached hydrogens (tertiary/aromatic N) is 1. The Morgan fingerprint density at radius 2 is 2.00 bits per heavy atom. The minimum atomic E-state index is 0.0680. The Labute approximate surface area is 103 Å². The second-order valence-corrected chi connectivity index (χ2v) is 3.97. The molecule has 0 saturated heterocycles. The SMILES string of the molecule is CCc1ccccc1C(=O)N(CC)CCCO. The number of amides is 1. The van der Waals surface area contributed by atoms with Crippen molar-refractivity contribution < 1.29 is 9.90 Å². The summed E-state index contributed by atoms with van der Waals surface area (Å²) in [4.78, 5) is 14.1. The van der Waals surface area contributed by atoms with Crippen LogP contribution < -0.4 is 0 Å². The lowest BCUT2D eigenvalue weighted by Gasteiger charge is -2.21. The summed E-state index contributed by atoms with van der Waals surface area (Å²) in [6, 6.07) is 7.72. The molecule has 0 aliphatic heterocycles. The lowest BCUT2D eigenvalue weighted by atomic mass is 10.0. The average Bonchev–Trinajstić information content (AvgIpc) is 2.39. The van der Waals surface area contributed by atoms with Crippen LogP contribution in [0.25, 0.3) is 0 Å². The Hall–Kier alpha value is -1.35. The molecule has 1 aromatic carbocycles. The van der Waals surface area contributed by atoms with E-state index < -0.39 is 0 Å². The predicted octanol–water partition coefficient (Wildman–Crippen LogP) is 2.09. The second kappa shape index (κ2) is 7.07. The smallest absolute Gasteiger partial charge is 0.254 e. The van der Waals surface area contributed by atoms with Gasteiger partial charge in [-0.25, -0.2) is 0 Å². The van der Waals surface area contributed by atoms with Crippen LogP contribution in [0.4, 0.5) is 0 Å². The molecule has 0 aromatic heterocycles. The maximum atomic E-state index is 12.3. The molecule has 1 aromatic rings. The summed E-state index contributed by atoms with van der Waals surface area (Å²) in [5, 5.41) is 8.83. The predicted molar refractivity (Wildman–Crippen MR) is 69.1 cm³/mol. The highest BCUT2D eigenvalue weighted by Gasteiger charge is 2.15. The van der Waals surface area contributed by atoms with Crippen LogP contribution in [0.3, 0.4) is 0 Å². The van der Waals surface area contributed by atoms with E-state index in [1.165, 1.54) is 0 Å². The van der Waals surface area contributed by atoms with Crippen LogP contribution in [0, 0.1) is 0 Å². The largest absolute Gasteiger partial charge is 0.396 e. The molecule has 0 atom stereocenters. The fourth-order valence-corrected chi connectivity index (χ4v) is 1.87. The van der Waals surface area contributed by atoms with Crippen LogP contribution in [0.15, 0.2) is 24.3 Å². The number of hydrogen-bond donors (Lipinski definition) is 1. The molecule has 0 aliphatic carbocycles. The van der Waals surface area contributed by atoms with Crippen molar-refractivity contribution in [2.24, 2.45) is 0 Å². The summed E-state index contributed by atoms with van der Waals surface area (Å²) < 4.78 is 0. The van der Waals surface area contributed by atoms with Crippen molar-refractivity contribution >= 4 is 5.91 Å². The highest BCUT2D eigenvalue weighted by Crippen LogP contribution is 2.12. The minimum absolute atomic E-state index is 0.0680. The summed E-state index contributed by atoms with van der Waals surface area (Å²) in [5.41, 5.74) is 1.87. The zero-order valence-corrected chi connectivity index (χ0v) is 10.6. The Balaban J connectivity index is 2.85. The van der Waals surface area contributed by atoms with Gasteiger partial charge in [-0.3, -0.25) is 4.79 Å². The lowest BCUT2D eigenvalue weighted by Crippen LogP contribution is -2.32. The first-order valence-corrected chi connectivity index (χ1v) is 6.22. The third-order valence-corrected chi connectivity index (χ3v) is 2.88. The van der Waals surface area contributed by atoms with E-state index in [9.17, 15) is 4.79 Å². The zero-order valence-electron chi connectivity index (χ0n) is 10.6. The van der Waals surface area contributed by atoms with Crippen LogP contribution in [0.1, 0.15) is 36.2 Å². The molecular formula is C14H21NO2. The number of carbonyl (C=O) groups excluding carboxylic acids is 1. The molecule has 0 aliphatic rings. The lowest BCUT2D eigenvalue weighted by molar-refractivity contribution is 0.0753. The first-order chi connectivity index (χ1) is 8.24. The maximum Gasteiger partial charge on any atom is 0.254 e. The van der Waals surface area contributed by atoms with Crippen molar-refractivity contribution in [3.63, 3.8) is 0 Å². The van der Waals surface area contributed by atoms with Crippen LogP contribution in [-0.4, -0.2) is 35.6 Å². The van der Waals surface area contributed by atoms with Gasteiger partial charge in [-0.15, -0.1) is 0 Å². The molecule has 0 unspecified atom stereocenters. The van der Waals surface area contributed by atoms with Gasteiger partial charge in [-0.05, 0) is 31.4 Å². The van der Waals surface area contributed by atoms with E-state index in [1.54, 1.807) is 4.90 Å². The standard InChI is InChI=1S/C14H21NO2/c1-3-12-8-5-6-9-13(12)14(17)15(4-2)10-7-11-16/h5-6,8-9,16H,3-4,7,10-11H2,1-2H3. The molecular weight excluding hydrogens is 214 g/mol. The Morgan fingerprint density at radius 1 is 1.29 bits per heavy atom. The van der Waals surface area contributed by atoms with Gasteiger partial charge in [-0.1, -0.05) is 25.1 Å². The fourth-order valence-electron chi connectivity index (χ4n) is 1.87. The Kier molecular flexibility index (Phi) is 5.70. The highest BCUT2D eigenvalue weighted by molar-refractivity contribution is 5.95. The Morgan fingerprint density at radius 3 is 2.59 bits per heavy atom. The summed E-state index contributed by atoms with van der Waals surface area (Å²) >= 11 is 0. The van der Waals surface area contributed by atoms with Crippen molar-refractivity contribution in [2.45, 2.75) is 26.7 Å². The van der Waals surface area contributed by atoms with Crippen molar-refractivity contribution in [3.8, 4) is 0 Å². The molecule has 17 heavy (non-hydrogen) atoms. The molecule has 0 bridgehead atoms. The van der Waals surface area contributed by atoms with Crippen molar-refractivity contribution in [2.75, 3.05) is 19.7 Å². The van der Waals surface area contributed by atoms with E-state index in [4.69, 9.17) is 5.11 Å². The van der Waals surface area contributed by atoms with Gasteiger partial charge in [0, 0.05) is 25.3 Å². The molecule has 1 amide bonds. The van der Waals surface area contributed by atoms with Gasteiger partial charge in [0.05, 0.1) is 0 Å². The van der Waals surface area contributed by atoms with Gasteiger partial charge in [0.15, 0.2) is 0 Å². The summed E-state index contributed by atoms with van der Waals surface area (Å²) in [6.45, 7) is 5.43. The van der Waals surface area contributed by atoms with E-state index in [-0.39, 0.29) is 12.5 Å². The van der Waals surface area contributed by atoms with Gasteiger partial charge in [0.1, 0.15) is 0 Å². The number of aliphatic hydroxyl groups is 1. The second-order valence-electron chi connectivity index (χ2n) is 3.97. The maximum absolute atomic E-state index is 12.3. The van der Waals surface area contributed by atoms with Gasteiger partial charge in [0.25, 0.3) is 5.91 Å². The molecule has 0 spiro atoms. The molecule has 0 fully saturated rings. The van der Waals surface area contributed by atoms with Crippen molar-refractivity contribution in [1.29, 1.82) is 0 Å². The normalized spacial score (nSPS) is 10.3. The van der Waals surface area contributed by atoms with E-state index in [0.29, 0.717) is 19.5 Å². The number of hydrogen-bond acceptors (Lipinski definition) is 2. The third kappa shape index (κ3) is 3.56. The molecule has 0 heterocycles. The van der Waals surface area contributed by atoms with Crippen LogP contribution in [0.5, 0.6) is 0 Å². The van der Waals surface area contributed by atoms with E-state index >= 15 is 0 Å². The topological polar surface area (TPSA) is 40.5 Å². The van der Waals surface area contributed by atoms with Crippen molar-refractivity contribution in [1.82, 2.24) is 4.90 Å². The van der Waals surface area contributed by atoms with E-state index in [1.807, 2.05) is 31.2 Å². The first kappa shape index (κ1) is 13.7. The molecule has 1 rings (SSSR count). The highest BCUT2D eigenvalue weighted by atomic mass is 16.3. The average molecular weight is 235 g/mol. The fraction of sp³-hybridized carbons (Fsp3) is 0.500. The van der Waals surface area contributed by atoms with E-state index in [0.717, 1.165) is 17.5 Å². The van der Waals surface area contributed by atoms with Crippen molar-refractivity contribution in [3.05, 3.63) is 35.4 Å². The number of benzene rings is 1. The summed E-state index contributed by atoms with van der Waals surface area (Å²) in [5.74, 6) is 0.0680. The Bertz CT molecular complexity index is 363. The van der Waals surface area contributed by atoms with Crippen LogP contribution in [-0.2, 0) is 6.42 Å². The van der Waals surface area contributed by atoms with Gasteiger partial charge >= 0.3 is 0 Å². The number of aryl methyl sites for hydroxylation is 1. The molecule has 3 nitrogen and oxygen atoms in total. The number of aliphatic hydroxyl groups excluding tert-OH is 1. The molecule has 0 radical (unpaired) electrons. The molecule has 3 heteroatoms.